The zero-order valence-electron chi connectivity index (χ0n) is 9.96. The maximum atomic E-state index is 6.30. The Morgan fingerprint density at radius 1 is 1.11 bits per heavy atom. The number of halogens is 4. The quantitative estimate of drug-likeness (QED) is 0.389. The molecule has 100 valence electrons. The topological polar surface area (TPSA) is 9.23 Å². The van der Waals surface area contributed by atoms with Gasteiger partial charge in [0.1, 0.15) is 5.75 Å². The van der Waals surface area contributed by atoms with Crippen LogP contribution in [0.3, 0.4) is 0 Å². The third kappa shape index (κ3) is 3.57. The van der Waals surface area contributed by atoms with E-state index in [0.29, 0.717) is 10.0 Å². The number of methoxy groups -OCH3 is 1. The first kappa shape index (κ1) is 15.4. The van der Waals surface area contributed by atoms with Crippen molar-refractivity contribution in [3.63, 3.8) is 0 Å². The smallest absolute Gasteiger partial charge is 0.120 e. The Labute approximate surface area is 144 Å². The summed E-state index contributed by atoms with van der Waals surface area (Å²) in [7, 11) is 1.62. The second-order valence-electron chi connectivity index (χ2n) is 3.92. The summed E-state index contributed by atoms with van der Waals surface area (Å²) < 4.78 is 6.29. The van der Waals surface area contributed by atoms with Crippen molar-refractivity contribution in [1.82, 2.24) is 0 Å². The van der Waals surface area contributed by atoms with Gasteiger partial charge in [-0.05, 0) is 64.0 Å². The predicted molar refractivity (Wildman–Crippen MR) is 92.9 cm³/mol. The van der Waals surface area contributed by atoms with Gasteiger partial charge in [0, 0.05) is 13.6 Å². The van der Waals surface area contributed by atoms with E-state index in [0.717, 1.165) is 20.4 Å². The summed E-state index contributed by atoms with van der Waals surface area (Å²) in [4.78, 5) is -0.00324. The van der Waals surface area contributed by atoms with Gasteiger partial charge in [-0.3, -0.25) is 0 Å². The van der Waals surface area contributed by atoms with Crippen LogP contribution in [-0.4, -0.2) is 7.11 Å². The molecule has 0 spiro atoms. The largest absolute Gasteiger partial charge is 0.497 e. The fourth-order valence-corrected chi connectivity index (χ4v) is 4.16. The first-order chi connectivity index (χ1) is 9.02. The fourth-order valence-electron chi connectivity index (χ4n) is 1.72. The third-order valence-corrected chi connectivity index (χ3v) is 5.24. The lowest BCUT2D eigenvalue weighted by Gasteiger charge is -2.15. The van der Waals surface area contributed by atoms with Crippen LogP contribution in [0.4, 0.5) is 0 Å². The van der Waals surface area contributed by atoms with Crippen molar-refractivity contribution in [3.8, 4) is 5.75 Å². The molecule has 0 saturated carbocycles. The number of hydrogen-bond acceptors (Lipinski definition) is 1. The number of benzene rings is 2. The van der Waals surface area contributed by atoms with Crippen molar-refractivity contribution in [1.29, 1.82) is 0 Å². The lowest BCUT2D eigenvalue weighted by Crippen LogP contribution is -1.97. The lowest BCUT2D eigenvalue weighted by atomic mass is 10.0. The molecule has 0 aliphatic rings. The minimum atomic E-state index is -0.00324. The highest BCUT2D eigenvalue weighted by Crippen LogP contribution is 2.39. The summed E-state index contributed by atoms with van der Waals surface area (Å²) in [5.41, 5.74) is 2.09. The van der Waals surface area contributed by atoms with Crippen LogP contribution in [0.15, 0.2) is 36.4 Å². The molecule has 1 atom stereocenters. The number of ether oxygens (including phenoxy) is 1. The molecule has 0 heterocycles. The third-order valence-electron chi connectivity index (χ3n) is 2.71. The standard InChI is InChI=1S/C14H10BrCl2IO/c1-19-9-3-4-10(12(17)7-9)14(15)11-6-8(16)2-5-13(11)18/h2-7,14H,1H3. The van der Waals surface area contributed by atoms with Gasteiger partial charge in [0.25, 0.3) is 0 Å². The molecule has 1 nitrogen and oxygen atoms in total. The van der Waals surface area contributed by atoms with Gasteiger partial charge in [0.15, 0.2) is 0 Å². The minimum Gasteiger partial charge on any atom is -0.497 e. The van der Waals surface area contributed by atoms with Crippen molar-refractivity contribution in [2.24, 2.45) is 0 Å². The average Bonchev–Trinajstić information content (AvgIpc) is 2.40. The molecule has 0 aliphatic carbocycles. The fraction of sp³-hybridized carbons (Fsp3) is 0.143. The second-order valence-corrected chi connectivity index (χ2v) is 6.84. The highest BCUT2D eigenvalue weighted by molar-refractivity contribution is 14.1. The summed E-state index contributed by atoms with van der Waals surface area (Å²) in [6, 6.07) is 11.5. The summed E-state index contributed by atoms with van der Waals surface area (Å²) in [5, 5.41) is 1.38. The molecule has 0 bridgehead atoms. The zero-order chi connectivity index (χ0) is 14.0. The minimum absolute atomic E-state index is 0.00324. The van der Waals surface area contributed by atoms with Gasteiger partial charge in [-0.25, -0.2) is 0 Å². The number of hydrogen-bond donors (Lipinski definition) is 0. The van der Waals surface area contributed by atoms with Gasteiger partial charge < -0.3 is 4.74 Å². The molecule has 0 aromatic heterocycles. The molecule has 0 saturated heterocycles. The van der Waals surface area contributed by atoms with Crippen molar-refractivity contribution in [2.75, 3.05) is 7.11 Å². The monoisotopic (exact) mass is 470 g/mol. The van der Waals surface area contributed by atoms with E-state index >= 15 is 0 Å². The van der Waals surface area contributed by atoms with E-state index in [1.54, 1.807) is 7.11 Å². The van der Waals surface area contributed by atoms with Gasteiger partial charge in [-0.1, -0.05) is 45.2 Å². The Bertz CT molecular complexity index is 604. The van der Waals surface area contributed by atoms with E-state index in [1.165, 1.54) is 0 Å². The van der Waals surface area contributed by atoms with Crippen molar-refractivity contribution < 1.29 is 4.74 Å². The summed E-state index contributed by atoms with van der Waals surface area (Å²) in [6.45, 7) is 0. The van der Waals surface area contributed by atoms with E-state index in [4.69, 9.17) is 27.9 Å². The maximum Gasteiger partial charge on any atom is 0.120 e. The summed E-state index contributed by atoms with van der Waals surface area (Å²) in [6.07, 6.45) is 0. The Morgan fingerprint density at radius 3 is 2.47 bits per heavy atom. The molecule has 2 aromatic carbocycles. The van der Waals surface area contributed by atoms with Crippen LogP contribution in [-0.2, 0) is 0 Å². The highest BCUT2D eigenvalue weighted by atomic mass is 127. The maximum absolute atomic E-state index is 6.30. The van der Waals surface area contributed by atoms with E-state index in [2.05, 4.69) is 38.5 Å². The van der Waals surface area contributed by atoms with Crippen LogP contribution in [0.25, 0.3) is 0 Å². The Kier molecular flexibility index (Phi) is 5.40. The molecular formula is C14H10BrCl2IO. The average molecular weight is 472 g/mol. The van der Waals surface area contributed by atoms with Gasteiger partial charge in [0.2, 0.25) is 0 Å². The van der Waals surface area contributed by atoms with E-state index in [-0.39, 0.29) is 4.83 Å². The van der Waals surface area contributed by atoms with Crippen LogP contribution < -0.4 is 4.74 Å². The summed E-state index contributed by atoms with van der Waals surface area (Å²) >= 11 is 18.3. The van der Waals surface area contributed by atoms with Crippen LogP contribution in [0.5, 0.6) is 5.75 Å². The SMILES string of the molecule is COc1ccc(C(Br)c2cc(Cl)ccc2I)c(Cl)c1. The lowest BCUT2D eigenvalue weighted by molar-refractivity contribution is 0.414. The molecule has 2 rings (SSSR count). The first-order valence-electron chi connectivity index (χ1n) is 5.45. The van der Waals surface area contributed by atoms with Crippen LogP contribution in [0.2, 0.25) is 10.0 Å². The molecule has 2 aromatic rings. The second kappa shape index (κ2) is 6.66. The molecule has 0 aliphatic heterocycles. The van der Waals surface area contributed by atoms with E-state index < -0.39 is 0 Å². The molecule has 0 fully saturated rings. The van der Waals surface area contributed by atoms with Gasteiger partial charge in [-0.2, -0.15) is 0 Å². The van der Waals surface area contributed by atoms with Crippen molar-refractivity contribution in [3.05, 3.63) is 61.1 Å². The van der Waals surface area contributed by atoms with Crippen LogP contribution in [0, 0.1) is 3.57 Å². The highest BCUT2D eigenvalue weighted by Gasteiger charge is 2.17. The van der Waals surface area contributed by atoms with E-state index in [9.17, 15) is 0 Å². The molecule has 5 heteroatoms. The molecule has 0 radical (unpaired) electrons. The zero-order valence-corrected chi connectivity index (χ0v) is 15.2. The Balaban J connectivity index is 2.43. The summed E-state index contributed by atoms with van der Waals surface area (Å²) in [5.74, 6) is 0.745. The van der Waals surface area contributed by atoms with Crippen LogP contribution >= 0.6 is 61.7 Å². The van der Waals surface area contributed by atoms with E-state index in [1.807, 2.05) is 36.4 Å². The molecular weight excluding hydrogens is 462 g/mol. The number of rotatable bonds is 3. The molecule has 0 N–H and O–H groups in total. The Morgan fingerprint density at radius 2 is 1.84 bits per heavy atom. The normalized spacial score (nSPS) is 12.3. The van der Waals surface area contributed by atoms with Gasteiger partial charge >= 0.3 is 0 Å². The predicted octanol–water partition coefficient (Wildman–Crippen LogP) is 6.09. The molecule has 0 amide bonds. The Hall–Kier alpha value is 0.0300. The van der Waals surface area contributed by atoms with Gasteiger partial charge in [0.05, 0.1) is 11.9 Å². The van der Waals surface area contributed by atoms with Gasteiger partial charge in [-0.15, -0.1) is 0 Å². The van der Waals surface area contributed by atoms with Crippen molar-refractivity contribution in [2.45, 2.75) is 4.83 Å². The first-order valence-corrected chi connectivity index (χ1v) is 8.20. The molecule has 1 unspecified atom stereocenters. The number of alkyl halides is 1. The van der Waals surface area contributed by atoms with Crippen molar-refractivity contribution >= 4 is 61.7 Å². The molecule has 19 heavy (non-hydrogen) atoms. The van der Waals surface area contributed by atoms with Crippen LogP contribution in [0.1, 0.15) is 16.0 Å².